The largest absolute Gasteiger partial charge is 0.469 e. The van der Waals surface area contributed by atoms with Gasteiger partial charge in [0, 0.05) is 22.4 Å². The van der Waals surface area contributed by atoms with Crippen LogP contribution in [0.3, 0.4) is 0 Å². The minimum atomic E-state index is -4.26. The maximum absolute atomic E-state index is 12.9. The summed E-state index contributed by atoms with van der Waals surface area (Å²) in [6.45, 7) is 3.86. The zero-order valence-electron chi connectivity index (χ0n) is 19.1. The normalized spacial score (nSPS) is 14.8. The van der Waals surface area contributed by atoms with Gasteiger partial charge in [-0.1, -0.05) is 29.8 Å². The highest BCUT2D eigenvalue weighted by atomic mass is 32.1. The van der Waals surface area contributed by atoms with E-state index in [1.807, 2.05) is 38.1 Å². The molecule has 0 saturated carbocycles. The van der Waals surface area contributed by atoms with Crippen molar-refractivity contribution >= 4 is 27.5 Å². The van der Waals surface area contributed by atoms with E-state index in [4.69, 9.17) is 9.72 Å². The number of hydrogen-bond donors (Lipinski definition) is 0. The molecule has 2 heterocycles. The van der Waals surface area contributed by atoms with Gasteiger partial charge < -0.3 is 4.74 Å². The summed E-state index contributed by atoms with van der Waals surface area (Å²) in [6, 6.07) is 8.11. The Morgan fingerprint density at radius 2 is 1.85 bits per heavy atom. The molecular weight excluding hydrogens is 447 g/mol. The fraction of sp³-hybridized carbons (Fsp3) is 0.462. The number of benzene rings is 1. The standard InChI is InChI=1S/C26H28F3NO2S/c1-15-10-12-17(13-11-15)22-21(19(25(31)32-3)8-6-14-26(27,28)29)16(2)30-24-23(22)18-7-4-5-9-20(18)33-24/h10-13,19H,4-9,14H2,1-3H3. The first kappa shape index (κ1) is 23.7. The van der Waals surface area contributed by atoms with Crippen LogP contribution in [0.4, 0.5) is 13.2 Å². The van der Waals surface area contributed by atoms with Gasteiger partial charge in [0.05, 0.1) is 13.0 Å². The third-order valence-electron chi connectivity index (χ3n) is 6.46. The Morgan fingerprint density at radius 3 is 2.52 bits per heavy atom. The summed E-state index contributed by atoms with van der Waals surface area (Å²) in [6.07, 6.45) is -1.05. The minimum Gasteiger partial charge on any atom is -0.469 e. The molecule has 0 bridgehead atoms. The molecular formula is C26H28F3NO2S. The van der Waals surface area contributed by atoms with E-state index in [0.29, 0.717) is 11.3 Å². The average Bonchev–Trinajstić information content (AvgIpc) is 3.13. The van der Waals surface area contributed by atoms with Gasteiger partial charge in [-0.3, -0.25) is 4.79 Å². The Balaban J connectivity index is 1.95. The predicted molar refractivity (Wildman–Crippen MR) is 126 cm³/mol. The summed E-state index contributed by atoms with van der Waals surface area (Å²) in [4.78, 5) is 20.0. The molecule has 7 heteroatoms. The summed E-state index contributed by atoms with van der Waals surface area (Å²) in [5, 5.41) is 1.06. The van der Waals surface area contributed by atoms with E-state index in [0.717, 1.165) is 52.6 Å². The second-order valence-electron chi connectivity index (χ2n) is 8.83. The number of esters is 1. The topological polar surface area (TPSA) is 39.2 Å². The number of alkyl halides is 3. The Labute approximate surface area is 196 Å². The van der Waals surface area contributed by atoms with Crippen molar-refractivity contribution in [3.05, 3.63) is 51.5 Å². The highest BCUT2D eigenvalue weighted by molar-refractivity contribution is 7.19. The Kier molecular flexibility index (Phi) is 6.80. The van der Waals surface area contributed by atoms with Crippen molar-refractivity contribution in [1.29, 1.82) is 0 Å². The second kappa shape index (κ2) is 9.45. The van der Waals surface area contributed by atoms with Crippen molar-refractivity contribution in [3.8, 4) is 11.1 Å². The van der Waals surface area contributed by atoms with Gasteiger partial charge >= 0.3 is 12.1 Å². The van der Waals surface area contributed by atoms with Crippen molar-refractivity contribution in [1.82, 2.24) is 4.98 Å². The van der Waals surface area contributed by atoms with Gasteiger partial charge in [-0.2, -0.15) is 13.2 Å². The molecule has 0 radical (unpaired) electrons. The number of rotatable bonds is 6. The molecule has 0 spiro atoms. The molecule has 1 aliphatic carbocycles. The maximum atomic E-state index is 12.9. The van der Waals surface area contributed by atoms with Crippen LogP contribution in [0, 0.1) is 13.8 Å². The molecule has 4 rings (SSSR count). The predicted octanol–water partition coefficient (Wildman–Crippen LogP) is 7.45. The van der Waals surface area contributed by atoms with E-state index in [-0.39, 0.29) is 12.8 Å². The average molecular weight is 476 g/mol. The van der Waals surface area contributed by atoms with E-state index in [2.05, 4.69) is 0 Å². The summed E-state index contributed by atoms with van der Waals surface area (Å²) < 4.78 is 43.7. The fourth-order valence-corrected chi connectivity index (χ4v) is 6.21. The van der Waals surface area contributed by atoms with Crippen LogP contribution < -0.4 is 0 Å². The van der Waals surface area contributed by atoms with E-state index in [1.54, 1.807) is 11.3 Å². The van der Waals surface area contributed by atoms with Gasteiger partial charge in [0.2, 0.25) is 0 Å². The van der Waals surface area contributed by atoms with Gasteiger partial charge in [-0.25, -0.2) is 4.98 Å². The molecule has 2 aromatic heterocycles. The quantitative estimate of drug-likeness (QED) is 0.348. The number of hydrogen-bond acceptors (Lipinski definition) is 4. The highest BCUT2D eigenvalue weighted by Gasteiger charge is 2.33. The maximum Gasteiger partial charge on any atom is 0.389 e. The van der Waals surface area contributed by atoms with E-state index in [9.17, 15) is 18.0 Å². The first-order valence-electron chi connectivity index (χ1n) is 11.4. The van der Waals surface area contributed by atoms with Crippen LogP contribution in [0.25, 0.3) is 21.3 Å². The molecule has 33 heavy (non-hydrogen) atoms. The van der Waals surface area contributed by atoms with E-state index >= 15 is 0 Å². The summed E-state index contributed by atoms with van der Waals surface area (Å²) in [5.74, 6) is -1.32. The third kappa shape index (κ3) is 4.93. The molecule has 3 aromatic rings. The number of fused-ring (bicyclic) bond motifs is 3. The van der Waals surface area contributed by atoms with E-state index in [1.165, 1.54) is 17.6 Å². The molecule has 176 valence electrons. The number of pyridine rings is 1. The molecule has 0 aliphatic heterocycles. The van der Waals surface area contributed by atoms with Gasteiger partial charge in [-0.05, 0) is 74.6 Å². The van der Waals surface area contributed by atoms with Gasteiger partial charge in [0.1, 0.15) is 4.83 Å². The molecule has 0 saturated heterocycles. The van der Waals surface area contributed by atoms with Crippen molar-refractivity contribution in [2.24, 2.45) is 0 Å². The number of aryl methyl sites for hydroxylation is 4. The highest BCUT2D eigenvalue weighted by Crippen LogP contribution is 2.46. The molecule has 1 unspecified atom stereocenters. The lowest BCUT2D eigenvalue weighted by molar-refractivity contribution is -0.145. The molecule has 1 aliphatic rings. The van der Waals surface area contributed by atoms with Crippen LogP contribution in [0.5, 0.6) is 0 Å². The number of aromatic nitrogens is 1. The summed E-state index contributed by atoms with van der Waals surface area (Å²) >= 11 is 1.71. The molecule has 3 nitrogen and oxygen atoms in total. The number of thiophene rings is 1. The summed E-state index contributed by atoms with van der Waals surface area (Å²) in [7, 11) is 1.29. The molecule has 0 fully saturated rings. The fourth-order valence-electron chi connectivity index (χ4n) is 4.89. The Hall–Kier alpha value is -2.41. The van der Waals surface area contributed by atoms with Crippen LogP contribution in [-0.4, -0.2) is 24.2 Å². The van der Waals surface area contributed by atoms with Crippen molar-refractivity contribution in [3.63, 3.8) is 0 Å². The van der Waals surface area contributed by atoms with Crippen LogP contribution >= 0.6 is 11.3 Å². The minimum absolute atomic E-state index is 0.0609. The van der Waals surface area contributed by atoms with Gasteiger partial charge in [0.15, 0.2) is 0 Å². The summed E-state index contributed by atoms with van der Waals surface area (Å²) in [5.41, 5.74) is 5.67. The Bertz CT molecular complexity index is 1170. The molecule has 1 atom stereocenters. The van der Waals surface area contributed by atoms with E-state index < -0.39 is 24.5 Å². The van der Waals surface area contributed by atoms with Crippen LogP contribution in [-0.2, 0) is 22.4 Å². The lowest BCUT2D eigenvalue weighted by Gasteiger charge is -2.23. The monoisotopic (exact) mass is 475 g/mol. The van der Waals surface area contributed by atoms with Crippen LogP contribution in [0.1, 0.15) is 65.3 Å². The number of carbonyl (C=O) groups is 1. The van der Waals surface area contributed by atoms with Crippen molar-refractivity contribution < 1.29 is 22.7 Å². The molecule has 1 aromatic carbocycles. The van der Waals surface area contributed by atoms with Crippen LogP contribution in [0.2, 0.25) is 0 Å². The Morgan fingerprint density at radius 1 is 1.15 bits per heavy atom. The number of methoxy groups -OCH3 is 1. The number of halogens is 3. The van der Waals surface area contributed by atoms with Crippen LogP contribution in [0.15, 0.2) is 24.3 Å². The number of nitrogens with zero attached hydrogens (tertiary/aromatic N) is 1. The van der Waals surface area contributed by atoms with Gasteiger partial charge in [-0.15, -0.1) is 11.3 Å². The lowest BCUT2D eigenvalue weighted by Crippen LogP contribution is -2.18. The zero-order valence-corrected chi connectivity index (χ0v) is 20.0. The van der Waals surface area contributed by atoms with Gasteiger partial charge in [0.25, 0.3) is 0 Å². The first-order valence-corrected chi connectivity index (χ1v) is 12.2. The molecule has 0 N–H and O–H groups in total. The third-order valence-corrected chi connectivity index (χ3v) is 7.64. The zero-order chi connectivity index (χ0) is 23.8. The lowest BCUT2D eigenvalue weighted by atomic mass is 9.83. The second-order valence-corrected chi connectivity index (χ2v) is 9.91. The van der Waals surface area contributed by atoms with Crippen molar-refractivity contribution in [2.75, 3.05) is 7.11 Å². The smallest absolute Gasteiger partial charge is 0.389 e. The number of ether oxygens (including phenoxy) is 1. The number of carbonyl (C=O) groups excluding carboxylic acids is 1. The van der Waals surface area contributed by atoms with Crippen molar-refractivity contribution in [2.45, 2.75) is 70.9 Å². The molecule has 0 amide bonds. The first-order chi connectivity index (χ1) is 15.7. The SMILES string of the molecule is COC(=O)C(CCCC(F)(F)F)c1c(C)nc2sc3c(c2c1-c1ccc(C)cc1)CCCC3.